The van der Waals surface area contributed by atoms with Crippen molar-refractivity contribution in [3.63, 3.8) is 0 Å². The van der Waals surface area contributed by atoms with Crippen molar-refractivity contribution in [1.29, 1.82) is 0 Å². The van der Waals surface area contributed by atoms with E-state index in [-0.39, 0.29) is 0 Å². The topological polar surface area (TPSA) is 72.6 Å². The number of sulfonamides is 1. The second kappa shape index (κ2) is 5.35. The highest BCUT2D eigenvalue weighted by Crippen LogP contribution is 2.29. The number of anilines is 1. The summed E-state index contributed by atoms with van der Waals surface area (Å²) in [6.07, 6.45) is 1.67. The molecule has 2 rings (SSSR count). The van der Waals surface area contributed by atoms with Gasteiger partial charge in [0.2, 0.25) is 10.0 Å². The Hall–Kier alpha value is -1.11. The highest BCUT2D eigenvalue weighted by molar-refractivity contribution is 7.89. The molecule has 1 saturated heterocycles. The van der Waals surface area contributed by atoms with Gasteiger partial charge in [-0.2, -0.15) is 4.31 Å². The highest BCUT2D eigenvalue weighted by atomic mass is 32.2. The van der Waals surface area contributed by atoms with Crippen LogP contribution < -0.4 is 5.73 Å². The molecule has 20 heavy (non-hydrogen) atoms. The molecule has 112 valence electrons. The number of nitrogen functional groups attached to an aromatic ring is 1. The van der Waals surface area contributed by atoms with Gasteiger partial charge in [0.15, 0.2) is 0 Å². The Morgan fingerprint density at radius 3 is 2.70 bits per heavy atom. The summed E-state index contributed by atoms with van der Waals surface area (Å²) in [4.78, 5) is 0.296. The molecule has 6 heteroatoms. The van der Waals surface area contributed by atoms with Crippen LogP contribution in [0.2, 0.25) is 0 Å². The van der Waals surface area contributed by atoms with E-state index in [1.165, 1.54) is 4.31 Å². The fraction of sp³-hybridized carbons (Fsp3) is 0.571. The van der Waals surface area contributed by atoms with Crippen LogP contribution in [0.4, 0.5) is 5.69 Å². The van der Waals surface area contributed by atoms with Crippen molar-refractivity contribution in [2.24, 2.45) is 0 Å². The number of benzene rings is 1. The number of nitrogens with zero attached hydrogens (tertiary/aromatic N) is 1. The Labute approximate surface area is 120 Å². The van der Waals surface area contributed by atoms with E-state index in [9.17, 15) is 8.42 Å². The lowest BCUT2D eigenvalue weighted by Gasteiger charge is -2.38. The van der Waals surface area contributed by atoms with Crippen LogP contribution in [0.3, 0.4) is 0 Å². The zero-order valence-electron chi connectivity index (χ0n) is 12.2. The molecule has 0 aromatic heterocycles. The molecule has 2 N–H and O–H groups in total. The zero-order chi connectivity index (χ0) is 15.0. The Kier molecular flexibility index (Phi) is 4.09. The van der Waals surface area contributed by atoms with Gasteiger partial charge in [0, 0.05) is 25.9 Å². The molecule has 0 radical (unpaired) electrons. The van der Waals surface area contributed by atoms with Crippen LogP contribution in [0, 0.1) is 6.92 Å². The standard InChI is InChI=1S/C14H22N2O3S/c1-11-9-12(5-6-13(11)15)20(17,18)16-8-4-7-14(2,10-16)19-3/h5-6,9H,4,7-8,10,15H2,1-3H3. The molecular formula is C14H22N2O3S. The van der Waals surface area contributed by atoms with E-state index in [0.717, 1.165) is 18.4 Å². The van der Waals surface area contributed by atoms with Crippen LogP contribution in [-0.4, -0.2) is 38.5 Å². The first kappa shape index (κ1) is 15.3. The largest absolute Gasteiger partial charge is 0.399 e. The summed E-state index contributed by atoms with van der Waals surface area (Å²) in [7, 11) is -1.86. The van der Waals surface area contributed by atoms with Crippen molar-refractivity contribution in [2.45, 2.75) is 37.2 Å². The van der Waals surface area contributed by atoms with E-state index < -0.39 is 15.6 Å². The van der Waals surface area contributed by atoms with Crippen LogP contribution in [0.15, 0.2) is 23.1 Å². The first-order chi connectivity index (χ1) is 9.28. The first-order valence-corrected chi connectivity index (χ1v) is 8.14. The average Bonchev–Trinajstić information content (AvgIpc) is 2.42. The summed E-state index contributed by atoms with van der Waals surface area (Å²) in [5.74, 6) is 0. The van der Waals surface area contributed by atoms with Crippen LogP contribution in [-0.2, 0) is 14.8 Å². The monoisotopic (exact) mass is 298 g/mol. The molecule has 1 aromatic carbocycles. The summed E-state index contributed by atoms with van der Waals surface area (Å²) in [5.41, 5.74) is 6.71. The summed E-state index contributed by atoms with van der Waals surface area (Å²) in [5, 5.41) is 0. The number of hydrogen-bond donors (Lipinski definition) is 1. The van der Waals surface area contributed by atoms with Crippen molar-refractivity contribution in [2.75, 3.05) is 25.9 Å². The highest BCUT2D eigenvalue weighted by Gasteiger charge is 2.37. The minimum atomic E-state index is -3.48. The van der Waals surface area contributed by atoms with E-state index in [4.69, 9.17) is 10.5 Å². The van der Waals surface area contributed by atoms with E-state index in [1.54, 1.807) is 25.3 Å². The molecule has 1 aromatic rings. The second-order valence-electron chi connectivity index (χ2n) is 5.61. The van der Waals surface area contributed by atoms with Crippen LogP contribution in [0.1, 0.15) is 25.3 Å². The SMILES string of the molecule is COC1(C)CCCN(S(=O)(=O)c2ccc(N)c(C)c2)C1. The lowest BCUT2D eigenvalue weighted by atomic mass is 9.96. The molecule has 0 amide bonds. The number of ether oxygens (including phenoxy) is 1. The third-order valence-corrected chi connectivity index (χ3v) is 5.84. The maximum absolute atomic E-state index is 12.7. The van der Waals surface area contributed by atoms with Crippen molar-refractivity contribution < 1.29 is 13.2 Å². The summed E-state index contributed by atoms with van der Waals surface area (Å²) >= 11 is 0. The number of methoxy groups -OCH3 is 1. The third-order valence-electron chi connectivity index (χ3n) is 4.00. The first-order valence-electron chi connectivity index (χ1n) is 6.70. The van der Waals surface area contributed by atoms with Crippen molar-refractivity contribution in [3.05, 3.63) is 23.8 Å². The molecule has 0 bridgehead atoms. The Morgan fingerprint density at radius 1 is 1.40 bits per heavy atom. The van der Waals surface area contributed by atoms with Gasteiger partial charge in [-0.1, -0.05) is 0 Å². The van der Waals surface area contributed by atoms with Gasteiger partial charge >= 0.3 is 0 Å². The van der Waals surface area contributed by atoms with Gasteiger partial charge in [-0.25, -0.2) is 8.42 Å². The third kappa shape index (κ3) is 2.82. The van der Waals surface area contributed by atoms with Crippen LogP contribution in [0.25, 0.3) is 0 Å². The van der Waals surface area contributed by atoms with E-state index in [0.29, 0.717) is 23.7 Å². The molecular weight excluding hydrogens is 276 g/mol. The number of piperidine rings is 1. The number of aryl methyl sites for hydroxylation is 1. The quantitative estimate of drug-likeness (QED) is 0.863. The Bertz CT molecular complexity index is 600. The zero-order valence-corrected chi connectivity index (χ0v) is 13.0. The second-order valence-corrected chi connectivity index (χ2v) is 7.55. The molecule has 0 aliphatic carbocycles. The Morgan fingerprint density at radius 2 is 2.10 bits per heavy atom. The van der Waals surface area contributed by atoms with Gasteiger partial charge in [-0.05, 0) is 50.5 Å². The lowest BCUT2D eigenvalue weighted by Crippen LogP contribution is -2.49. The Balaban J connectivity index is 2.32. The maximum Gasteiger partial charge on any atom is 0.243 e. The van der Waals surface area contributed by atoms with Gasteiger partial charge in [0.25, 0.3) is 0 Å². The number of nitrogens with two attached hydrogens (primary N) is 1. The summed E-state index contributed by atoms with van der Waals surface area (Å²) in [6.45, 7) is 4.67. The van der Waals surface area contributed by atoms with Gasteiger partial charge in [0.1, 0.15) is 0 Å². The molecule has 0 spiro atoms. The van der Waals surface area contributed by atoms with Gasteiger partial charge in [0.05, 0.1) is 10.5 Å². The van der Waals surface area contributed by atoms with Crippen molar-refractivity contribution in [3.8, 4) is 0 Å². The van der Waals surface area contributed by atoms with Crippen molar-refractivity contribution >= 4 is 15.7 Å². The van der Waals surface area contributed by atoms with Gasteiger partial charge in [-0.3, -0.25) is 0 Å². The number of rotatable bonds is 3. The fourth-order valence-electron chi connectivity index (χ4n) is 2.49. The average molecular weight is 298 g/mol. The molecule has 1 aliphatic rings. The smallest absolute Gasteiger partial charge is 0.243 e. The normalized spacial score (nSPS) is 24.8. The molecule has 1 unspecified atom stereocenters. The predicted molar refractivity (Wildman–Crippen MR) is 79.0 cm³/mol. The van der Waals surface area contributed by atoms with Crippen molar-refractivity contribution in [1.82, 2.24) is 4.31 Å². The van der Waals surface area contributed by atoms with E-state index in [1.807, 2.05) is 13.8 Å². The van der Waals surface area contributed by atoms with Gasteiger partial charge < -0.3 is 10.5 Å². The minimum absolute atomic E-state index is 0.296. The van der Waals surface area contributed by atoms with Crippen LogP contribution >= 0.6 is 0 Å². The fourth-order valence-corrected chi connectivity index (χ4v) is 4.17. The molecule has 1 atom stereocenters. The minimum Gasteiger partial charge on any atom is -0.399 e. The maximum atomic E-state index is 12.7. The molecule has 1 fully saturated rings. The number of hydrogen-bond acceptors (Lipinski definition) is 4. The van der Waals surface area contributed by atoms with E-state index >= 15 is 0 Å². The van der Waals surface area contributed by atoms with E-state index in [2.05, 4.69) is 0 Å². The lowest BCUT2D eigenvalue weighted by molar-refractivity contribution is -0.0319. The molecule has 1 aliphatic heterocycles. The molecule has 1 heterocycles. The van der Waals surface area contributed by atoms with Crippen LogP contribution in [0.5, 0.6) is 0 Å². The summed E-state index contributed by atoms with van der Waals surface area (Å²) in [6, 6.07) is 4.83. The molecule has 5 nitrogen and oxygen atoms in total. The predicted octanol–water partition coefficient (Wildman–Crippen LogP) is 1.77. The summed E-state index contributed by atoms with van der Waals surface area (Å²) < 4.78 is 32.3. The van der Waals surface area contributed by atoms with Gasteiger partial charge in [-0.15, -0.1) is 0 Å². The molecule has 0 saturated carbocycles.